The highest BCUT2D eigenvalue weighted by molar-refractivity contribution is 5.89. The van der Waals surface area contributed by atoms with Crippen molar-refractivity contribution in [1.82, 2.24) is 4.98 Å². The molecule has 5 nitrogen and oxygen atoms in total. The smallest absolute Gasteiger partial charge is 0.340 e. The zero-order valence-corrected chi connectivity index (χ0v) is 12.0. The van der Waals surface area contributed by atoms with Gasteiger partial charge >= 0.3 is 5.97 Å². The van der Waals surface area contributed by atoms with Crippen molar-refractivity contribution in [3.05, 3.63) is 59.3 Å². The number of carbonyl (C=O) groups excluding carboxylic acids is 1. The van der Waals surface area contributed by atoms with Gasteiger partial charge in [-0.15, -0.1) is 0 Å². The van der Waals surface area contributed by atoms with Gasteiger partial charge in [-0.25, -0.2) is 9.78 Å². The highest BCUT2D eigenvalue weighted by Gasteiger charge is 2.21. The van der Waals surface area contributed by atoms with Crippen LogP contribution >= 0.6 is 0 Å². The Kier molecular flexibility index (Phi) is 4.01. The number of pyridine rings is 1. The van der Waals surface area contributed by atoms with E-state index in [9.17, 15) is 4.79 Å². The van der Waals surface area contributed by atoms with Crippen LogP contribution in [0, 0.1) is 11.3 Å². The second-order valence-electron chi connectivity index (χ2n) is 5.20. The Hall–Kier alpha value is -2.87. The molecule has 3 rings (SSSR count). The second-order valence-corrected chi connectivity index (χ2v) is 5.20. The summed E-state index contributed by atoms with van der Waals surface area (Å²) in [5.74, 6) is 0.326. The fourth-order valence-electron chi connectivity index (χ4n) is 2.02. The minimum absolute atomic E-state index is 0.0740. The maximum atomic E-state index is 12.0. The molecule has 2 aromatic rings. The first kappa shape index (κ1) is 14.1. The van der Waals surface area contributed by atoms with Crippen molar-refractivity contribution in [2.45, 2.75) is 25.5 Å². The average molecular weight is 293 g/mol. The summed E-state index contributed by atoms with van der Waals surface area (Å²) in [6.45, 7) is 0.0740. The van der Waals surface area contributed by atoms with E-state index in [-0.39, 0.29) is 6.61 Å². The summed E-state index contributed by atoms with van der Waals surface area (Å²) in [6.07, 6.45) is 3.84. The molecule has 1 heterocycles. The van der Waals surface area contributed by atoms with Gasteiger partial charge in [0.25, 0.3) is 0 Å². The van der Waals surface area contributed by atoms with E-state index in [1.807, 2.05) is 6.07 Å². The fraction of sp³-hybridized carbons (Fsp3) is 0.235. The summed E-state index contributed by atoms with van der Waals surface area (Å²) in [7, 11) is 0. The van der Waals surface area contributed by atoms with E-state index >= 15 is 0 Å². The summed E-state index contributed by atoms with van der Waals surface area (Å²) in [5, 5.41) is 12.3. The van der Waals surface area contributed by atoms with E-state index < -0.39 is 5.97 Å². The van der Waals surface area contributed by atoms with Gasteiger partial charge in [0.05, 0.1) is 17.2 Å². The molecular weight excluding hydrogens is 278 g/mol. The number of aromatic nitrogens is 1. The van der Waals surface area contributed by atoms with E-state index in [1.165, 1.54) is 19.0 Å². The first-order valence-electron chi connectivity index (χ1n) is 7.14. The molecule has 0 aliphatic heterocycles. The van der Waals surface area contributed by atoms with Crippen LogP contribution in [0.5, 0.6) is 0 Å². The minimum atomic E-state index is -0.446. The zero-order chi connectivity index (χ0) is 15.4. The molecule has 0 spiro atoms. The normalized spacial score (nSPS) is 13.2. The van der Waals surface area contributed by atoms with Crippen LogP contribution in [-0.4, -0.2) is 17.0 Å². The lowest BCUT2D eigenvalue weighted by molar-refractivity contribution is 0.0472. The number of carbonyl (C=O) groups is 1. The van der Waals surface area contributed by atoms with Crippen LogP contribution < -0.4 is 5.32 Å². The largest absolute Gasteiger partial charge is 0.457 e. The number of nitrogens with one attached hydrogen (secondary N) is 1. The number of hydrogen-bond acceptors (Lipinski definition) is 5. The average Bonchev–Trinajstić information content (AvgIpc) is 3.37. The summed E-state index contributed by atoms with van der Waals surface area (Å²) < 4.78 is 5.24. The molecular formula is C17H15N3O2. The number of esters is 1. The molecule has 110 valence electrons. The number of anilines is 1. The molecule has 0 bridgehead atoms. The SMILES string of the molecule is N#Cc1ccccc1COC(=O)c1ccc(NC2CC2)nc1. The van der Waals surface area contributed by atoms with Crippen molar-refractivity contribution < 1.29 is 9.53 Å². The highest BCUT2D eigenvalue weighted by atomic mass is 16.5. The first-order chi connectivity index (χ1) is 10.8. The van der Waals surface area contributed by atoms with Gasteiger partial charge in [-0.1, -0.05) is 18.2 Å². The number of hydrogen-bond donors (Lipinski definition) is 1. The van der Waals surface area contributed by atoms with E-state index in [0.717, 1.165) is 5.82 Å². The predicted octanol–water partition coefficient (Wildman–Crippen LogP) is 2.88. The monoisotopic (exact) mass is 293 g/mol. The van der Waals surface area contributed by atoms with Gasteiger partial charge in [0.2, 0.25) is 0 Å². The number of nitrogens with zero attached hydrogens (tertiary/aromatic N) is 2. The van der Waals surface area contributed by atoms with Crippen molar-refractivity contribution in [1.29, 1.82) is 5.26 Å². The number of rotatable bonds is 5. The van der Waals surface area contributed by atoms with Gasteiger partial charge in [-0.05, 0) is 31.0 Å². The van der Waals surface area contributed by atoms with Gasteiger partial charge in [-0.3, -0.25) is 0 Å². The summed E-state index contributed by atoms with van der Waals surface area (Å²) >= 11 is 0. The first-order valence-corrected chi connectivity index (χ1v) is 7.14. The molecule has 0 radical (unpaired) electrons. The quantitative estimate of drug-likeness (QED) is 0.858. The summed E-state index contributed by atoms with van der Waals surface area (Å²) in [5.41, 5.74) is 1.60. The van der Waals surface area contributed by atoms with Gasteiger partial charge < -0.3 is 10.1 Å². The van der Waals surface area contributed by atoms with Crippen LogP contribution in [0.25, 0.3) is 0 Å². The third-order valence-corrected chi connectivity index (χ3v) is 3.43. The van der Waals surface area contributed by atoms with Crippen LogP contribution in [0.3, 0.4) is 0 Å². The molecule has 1 aromatic carbocycles. The second kappa shape index (κ2) is 6.27. The third-order valence-electron chi connectivity index (χ3n) is 3.43. The van der Waals surface area contributed by atoms with Crippen LogP contribution in [0.15, 0.2) is 42.6 Å². The molecule has 5 heteroatoms. The Bertz CT molecular complexity index is 715. The van der Waals surface area contributed by atoms with Crippen molar-refractivity contribution in [3.63, 3.8) is 0 Å². The number of nitriles is 1. The maximum absolute atomic E-state index is 12.0. The van der Waals surface area contributed by atoms with Gasteiger partial charge in [0.1, 0.15) is 12.4 Å². The molecule has 0 atom stereocenters. The molecule has 1 N–H and O–H groups in total. The molecule has 0 unspecified atom stereocenters. The number of benzene rings is 1. The summed E-state index contributed by atoms with van der Waals surface area (Å²) in [6, 6.07) is 13.1. The standard InChI is InChI=1S/C17H15N3O2/c18-9-12-3-1-2-4-14(12)11-22-17(21)13-5-8-16(19-10-13)20-15-6-7-15/h1-5,8,10,15H,6-7,11H2,(H,19,20). The van der Waals surface area contributed by atoms with E-state index in [2.05, 4.69) is 16.4 Å². The van der Waals surface area contributed by atoms with E-state index in [4.69, 9.17) is 10.00 Å². The van der Waals surface area contributed by atoms with Crippen molar-refractivity contribution in [3.8, 4) is 6.07 Å². The Balaban J connectivity index is 1.60. The van der Waals surface area contributed by atoms with Gasteiger partial charge in [0.15, 0.2) is 0 Å². The van der Waals surface area contributed by atoms with Crippen LogP contribution in [0.4, 0.5) is 5.82 Å². The molecule has 1 aromatic heterocycles. The molecule has 0 saturated heterocycles. The summed E-state index contributed by atoms with van der Waals surface area (Å²) in [4.78, 5) is 16.2. The van der Waals surface area contributed by atoms with E-state index in [1.54, 1.807) is 30.3 Å². The Labute approximate surface area is 128 Å². The van der Waals surface area contributed by atoms with Crippen LogP contribution in [0.2, 0.25) is 0 Å². The van der Waals surface area contributed by atoms with Crippen LogP contribution in [0.1, 0.15) is 34.3 Å². The lowest BCUT2D eigenvalue weighted by Crippen LogP contribution is -2.08. The van der Waals surface area contributed by atoms with Crippen molar-refractivity contribution >= 4 is 11.8 Å². The molecule has 22 heavy (non-hydrogen) atoms. The van der Waals surface area contributed by atoms with Gasteiger partial charge in [0, 0.05) is 17.8 Å². The van der Waals surface area contributed by atoms with Crippen LogP contribution in [-0.2, 0) is 11.3 Å². The third kappa shape index (κ3) is 3.41. The molecule has 1 aliphatic carbocycles. The Morgan fingerprint density at radius 3 is 2.82 bits per heavy atom. The number of ether oxygens (including phenoxy) is 1. The minimum Gasteiger partial charge on any atom is -0.457 e. The lowest BCUT2D eigenvalue weighted by atomic mass is 10.1. The maximum Gasteiger partial charge on any atom is 0.340 e. The molecule has 1 saturated carbocycles. The van der Waals surface area contributed by atoms with E-state index in [0.29, 0.717) is 22.7 Å². The zero-order valence-electron chi connectivity index (χ0n) is 12.0. The van der Waals surface area contributed by atoms with Crippen molar-refractivity contribution in [2.24, 2.45) is 0 Å². The fourth-order valence-corrected chi connectivity index (χ4v) is 2.02. The molecule has 1 fully saturated rings. The Morgan fingerprint density at radius 2 is 2.14 bits per heavy atom. The Morgan fingerprint density at radius 1 is 1.32 bits per heavy atom. The molecule has 0 amide bonds. The molecule has 1 aliphatic rings. The van der Waals surface area contributed by atoms with Crippen molar-refractivity contribution in [2.75, 3.05) is 5.32 Å². The highest BCUT2D eigenvalue weighted by Crippen LogP contribution is 2.23. The lowest BCUT2D eigenvalue weighted by Gasteiger charge is -2.07. The predicted molar refractivity (Wildman–Crippen MR) is 81.2 cm³/mol. The topological polar surface area (TPSA) is 75.0 Å². The van der Waals surface area contributed by atoms with Gasteiger partial charge in [-0.2, -0.15) is 5.26 Å².